The lowest BCUT2D eigenvalue weighted by Crippen LogP contribution is -1.81. The largest absolute Gasteiger partial charge is 0.107 e. The zero-order valence-corrected chi connectivity index (χ0v) is 14.1. The monoisotopic (exact) mass is 424 g/mol. The van der Waals surface area contributed by atoms with Crippen molar-refractivity contribution < 1.29 is 0 Å². The lowest BCUT2D eigenvalue weighted by atomic mass is 10.1. The summed E-state index contributed by atoms with van der Waals surface area (Å²) in [5.41, 5.74) is 0. The average molecular weight is 424 g/mol. The molecule has 0 saturated carbocycles. The fourth-order valence-electron chi connectivity index (χ4n) is 1.58. The molecule has 0 heterocycles. The summed E-state index contributed by atoms with van der Waals surface area (Å²) in [5.74, 6) is 0. The molecule has 0 spiro atoms. The van der Waals surface area contributed by atoms with Crippen molar-refractivity contribution in [2.75, 3.05) is 4.43 Å². The van der Waals surface area contributed by atoms with Crippen molar-refractivity contribution in [3.05, 3.63) is 0 Å². The van der Waals surface area contributed by atoms with Crippen molar-refractivity contribution in [1.29, 1.82) is 0 Å². The highest BCUT2D eigenvalue weighted by Gasteiger charge is 1.91. The van der Waals surface area contributed by atoms with Crippen molar-refractivity contribution in [3.8, 4) is 0 Å². The molecule has 0 unspecified atom stereocenters. The quantitative estimate of drug-likeness (QED) is 0.231. The van der Waals surface area contributed by atoms with Crippen molar-refractivity contribution in [2.45, 2.75) is 71.1 Å². The first-order valence-electron chi connectivity index (χ1n) is 5.97. The van der Waals surface area contributed by atoms with E-state index < -0.39 is 0 Å². The van der Waals surface area contributed by atoms with Gasteiger partial charge in [-0.15, -0.1) is 24.0 Å². The smallest absolute Gasteiger partial charge is 0.000473 e. The maximum atomic E-state index is 2.47. The van der Waals surface area contributed by atoms with Crippen molar-refractivity contribution >= 4 is 46.6 Å². The molecule has 0 aromatic rings. The number of rotatable bonds is 10. The van der Waals surface area contributed by atoms with Gasteiger partial charge < -0.3 is 0 Å². The van der Waals surface area contributed by atoms with Gasteiger partial charge in [0, 0.05) is 0 Å². The van der Waals surface area contributed by atoms with E-state index in [1.807, 2.05) is 0 Å². The topological polar surface area (TPSA) is 0 Å². The second-order valence-corrected chi connectivity index (χ2v) is 4.95. The number of halogens is 2. The summed E-state index contributed by atoms with van der Waals surface area (Å²) in [4.78, 5) is 0. The van der Waals surface area contributed by atoms with Crippen LogP contribution in [-0.2, 0) is 0 Å². The van der Waals surface area contributed by atoms with Crippen molar-refractivity contribution in [3.63, 3.8) is 0 Å². The number of hydrogen-bond acceptors (Lipinski definition) is 0. The molecule has 0 atom stereocenters. The minimum Gasteiger partial charge on any atom is -0.107 e. The summed E-state index contributed by atoms with van der Waals surface area (Å²) in [5, 5.41) is 0. The van der Waals surface area contributed by atoms with Crippen LogP contribution >= 0.6 is 46.6 Å². The Morgan fingerprint density at radius 2 is 1.00 bits per heavy atom. The summed E-state index contributed by atoms with van der Waals surface area (Å²) in [7, 11) is 0. The molecule has 0 aliphatic carbocycles. The molecular weight excluding hydrogens is 398 g/mol. The van der Waals surface area contributed by atoms with E-state index in [1.165, 1.54) is 68.6 Å². The van der Waals surface area contributed by atoms with Crippen LogP contribution in [0.15, 0.2) is 0 Å². The third kappa shape index (κ3) is 15.9. The zero-order valence-electron chi connectivity index (χ0n) is 9.56. The summed E-state index contributed by atoms with van der Waals surface area (Å²) in [6.45, 7) is 2.28. The average Bonchev–Trinajstić information content (AvgIpc) is 2.16. The van der Waals surface area contributed by atoms with Crippen LogP contribution in [0.5, 0.6) is 0 Å². The molecule has 0 amide bonds. The lowest BCUT2D eigenvalue weighted by Gasteiger charge is -2.00. The van der Waals surface area contributed by atoms with Crippen LogP contribution in [0.1, 0.15) is 71.1 Å². The molecule has 0 aliphatic rings. The molecule has 0 aromatic heterocycles. The van der Waals surface area contributed by atoms with Gasteiger partial charge in [0.15, 0.2) is 0 Å². The standard InChI is InChI=1S/C12H25I.HI/c1-2-3-4-5-6-7-8-9-10-11-12-13;/h2-12H2,1H3;1H. The Kier molecular flexibility index (Phi) is 21.5. The van der Waals surface area contributed by atoms with Crippen LogP contribution in [0.4, 0.5) is 0 Å². The Balaban J connectivity index is 0. The number of hydrogen-bond donors (Lipinski definition) is 0. The van der Waals surface area contributed by atoms with Crippen LogP contribution < -0.4 is 0 Å². The predicted molar refractivity (Wildman–Crippen MR) is 86.1 cm³/mol. The summed E-state index contributed by atoms with van der Waals surface area (Å²) < 4.78 is 1.34. The fraction of sp³-hybridized carbons (Fsp3) is 1.00. The highest BCUT2D eigenvalue weighted by atomic mass is 127. The van der Waals surface area contributed by atoms with Gasteiger partial charge in [-0.1, -0.05) is 87.3 Å². The van der Waals surface area contributed by atoms with E-state index in [1.54, 1.807) is 0 Å². The van der Waals surface area contributed by atoms with Crippen LogP contribution in [0.2, 0.25) is 0 Å². The van der Waals surface area contributed by atoms with E-state index in [2.05, 4.69) is 29.5 Å². The van der Waals surface area contributed by atoms with Gasteiger partial charge in [0.2, 0.25) is 0 Å². The first-order valence-corrected chi connectivity index (χ1v) is 7.50. The molecule has 88 valence electrons. The van der Waals surface area contributed by atoms with Crippen LogP contribution in [0.3, 0.4) is 0 Å². The van der Waals surface area contributed by atoms with E-state index in [0.717, 1.165) is 0 Å². The highest BCUT2D eigenvalue weighted by molar-refractivity contribution is 14.1. The maximum Gasteiger partial charge on any atom is -0.000473 e. The zero-order chi connectivity index (χ0) is 9.78. The predicted octanol–water partition coefficient (Wildman–Crippen LogP) is 5.96. The molecule has 0 aliphatic heterocycles. The Labute approximate surface area is 121 Å². The van der Waals surface area contributed by atoms with Crippen molar-refractivity contribution in [1.82, 2.24) is 0 Å². The van der Waals surface area contributed by atoms with E-state index in [4.69, 9.17) is 0 Å². The summed E-state index contributed by atoms with van der Waals surface area (Å²) in [6.07, 6.45) is 14.5. The highest BCUT2D eigenvalue weighted by Crippen LogP contribution is 2.10. The molecule has 0 radical (unpaired) electrons. The minimum atomic E-state index is 0. The molecule has 2 heteroatoms. The molecule has 0 bridgehead atoms. The molecule has 0 nitrogen and oxygen atoms in total. The van der Waals surface area contributed by atoms with Crippen LogP contribution in [-0.4, -0.2) is 4.43 Å². The molecule has 0 aromatic carbocycles. The molecule has 0 rings (SSSR count). The van der Waals surface area contributed by atoms with Gasteiger partial charge in [0.05, 0.1) is 0 Å². The second-order valence-electron chi connectivity index (χ2n) is 3.87. The molecule has 0 N–H and O–H groups in total. The van der Waals surface area contributed by atoms with Gasteiger partial charge >= 0.3 is 0 Å². The van der Waals surface area contributed by atoms with Crippen molar-refractivity contribution in [2.24, 2.45) is 0 Å². The van der Waals surface area contributed by atoms with E-state index >= 15 is 0 Å². The second kappa shape index (κ2) is 16.9. The maximum absolute atomic E-state index is 2.47. The van der Waals surface area contributed by atoms with Crippen LogP contribution in [0, 0.1) is 0 Å². The van der Waals surface area contributed by atoms with Gasteiger partial charge in [0.25, 0.3) is 0 Å². The normalized spacial score (nSPS) is 9.86. The molecule has 0 fully saturated rings. The summed E-state index contributed by atoms with van der Waals surface area (Å²) >= 11 is 2.47. The summed E-state index contributed by atoms with van der Waals surface area (Å²) in [6, 6.07) is 0. The fourth-order valence-corrected chi connectivity index (χ4v) is 2.12. The Hall–Kier alpha value is 1.46. The van der Waals surface area contributed by atoms with Gasteiger partial charge in [-0.25, -0.2) is 0 Å². The first-order chi connectivity index (χ1) is 6.41. The SMILES string of the molecule is CCCCCCCCCCCCI.I. The third-order valence-corrected chi connectivity index (χ3v) is 3.25. The Morgan fingerprint density at radius 3 is 1.36 bits per heavy atom. The molecular formula is C12H26I2. The van der Waals surface area contributed by atoms with Gasteiger partial charge in [-0.2, -0.15) is 0 Å². The Bertz CT molecular complexity index is 74.4. The minimum absolute atomic E-state index is 0. The van der Waals surface area contributed by atoms with Gasteiger partial charge in [0.1, 0.15) is 0 Å². The number of unbranched alkanes of at least 4 members (excludes halogenated alkanes) is 9. The molecule has 14 heavy (non-hydrogen) atoms. The molecule has 0 saturated heterocycles. The van der Waals surface area contributed by atoms with Crippen LogP contribution in [0.25, 0.3) is 0 Å². The van der Waals surface area contributed by atoms with Gasteiger partial charge in [-0.05, 0) is 10.8 Å². The number of alkyl halides is 1. The Morgan fingerprint density at radius 1 is 0.643 bits per heavy atom. The third-order valence-electron chi connectivity index (χ3n) is 2.49. The first kappa shape index (κ1) is 17.8. The van der Waals surface area contributed by atoms with Gasteiger partial charge in [-0.3, -0.25) is 0 Å². The lowest BCUT2D eigenvalue weighted by molar-refractivity contribution is 0.563. The van der Waals surface area contributed by atoms with E-state index in [9.17, 15) is 0 Å². The van der Waals surface area contributed by atoms with E-state index in [-0.39, 0.29) is 24.0 Å². The van der Waals surface area contributed by atoms with E-state index in [0.29, 0.717) is 0 Å².